The van der Waals surface area contributed by atoms with E-state index in [2.05, 4.69) is 34.2 Å². The van der Waals surface area contributed by atoms with Crippen LogP contribution in [0.2, 0.25) is 5.02 Å². The molecule has 0 aliphatic heterocycles. The van der Waals surface area contributed by atoms with Gasteiger partial charge in [0.15, 0.2) is 0 Å². The van der Waals surface area contributed by atoms with Crippen molar-refractivity contribution >= 4 is 27.5 Å². The lowest BCUT2D eigenvalue weighted by Gasteiger charge is -2.18. The number of nitrogens with one attached hydrogen (secondary N) is 1. The van der Waals surface area contributed by atoms with Gasteiger partial charge in [0.05, 0.1) is 0 Å². The van der Waals surface area contributed by atoms with Crippen molar-refractivity contribution < 1.29 is 4.74 Å². The predicted octanol–water partition coefficient (Wildman–Crippen LogP) is 4.05. The second-order valence-corrected chi connectivity index (χ2v) is 5.65. The van der Waals surface area contributed by atoms with E-state index in [-0.39, 0.29) is 0 Å². The molecule has 0 fully saturated rings. The van der Waals surface area contributed by atoms with E-state index in [0.717, 1.165) is 41.9 Å². The number of methoxy groups -OCH3 is 1. The summed E-state index contributed by atoms with van der Waals surface area (Å²) >= 11 is 9.68. The average molecular weight is 335 g/mol. The Morgan fingerprint density at radius 3 is 2.83 bits per heavy atom. The summed E-state index contributed by atoms with van der Waals surface area (Å²) in [6, 6.07) is 6.55. The molecule has 0 spiro atoms. The molecule has 18 heavy (non-hydrogen) atoms. The van der Waals surface area contributed by atoms with Crippen molar-refractivity contribution in [3.63, 3.8) is 0 Å². The highest BCUT2D eigenvalue weighted by atomic mass is 79.9. The number of rotatable bonds is 8. The maximum atomic E-state index is 6.25. The summed E-state index contributed by atoms with van der Waals surface area (Å²) in [5.74, 6) is 0. The number of hydrogen-bond acceptors (Lipinski definition) is 2. The predicted molar refractivity (Wildman–Crippen MR) is 81.4 cm³/mol. The molecule has 4 heteroatoms. The summed E-state index contributed by atoms with van der Waals surface area (Å²) in [5.41, 5.74) is 1.20. The minimum absolute atomic E-state index is 0.462. The molecule has 1 unspecified atom stereocenters. The van der Waals surface area contributed by atoms with E-state index in [9.17, 15) is 0 Å². The number of hydrogen-bond donors (Lipinski definition) is 1. The molecule has 1 rings (SSSR count). The fourth-order valence-electron chi connectivity index (χ4n) is 1.99. The molecule has 0 saturated heterocycles. The van der Waals surface area contributed by atoms with E-state index in [1.54, 1.807) is 7.11 Å². The standard InChI is InChI=1S/C14H21BrClNO/c1-3-17-13(5-4-8-18-2)9-11-6-7-12(15)10-14(11)16/h6-7,10,13,17H,3-5,8-9H2,1-2H3. The second-order valence-electron chi connectivity index (χ2n) is 4.33. The van der Waals surface area contributed by atoms with Gasteiger partial charge in [-0.1, -0.05) is 40.5 Å². The van der Waals surface area contributed by atoms with E-state index >= 15 is 0 Å². The lowest BCUT2D eigenvalue weighted by Crippen LogP contribution is -2.31. The van der Waals surface area contributed by atoms with Gasteiger partial charge >= 0.3 is 0 Å². The molecule has 1 aromatic carbocycles. The van der Waals surface area contributed by atoms with Crippen LogP contribution in [0.5, 0.6) is 0 Å². The van der Waals surface area contributed by atoms with Gasteiger partial charge < -0.3 is 10.1 Å². The first kappa shape index (κ1) is 16.0. The molecular formula is C14H21BrClNO. The van der Waals surface area contributed by atoms with E-state index < -0.39 is 0 Å². The molecule has 0 radical (unpaired) electrons. The van der Waals surface area contributed by atoms with Crippen LogP contribution < -0.4 is 5.32 Å². The van der Waals surface area contributed by atoms with Crippen LogP contribution in [0.25, 0.3) is 0 Å². The van der Waals surface area contributed by atoms with E-state index in [0.29, 0.717) is 6.04 Å². The third kappa shape index (κ3) is 5.70. The van der Waals surface area contributed by atoms with Crippen LogP contribution in [0.15, 0.2) is 22.7 Å². The van der Waals surface area contributed by atoms with Crippen molar-refractivity contribution in [3.05, 3.63) is 33.3 Å². The van der Waals surface area contributed by atoms with Gasteiger partial charge in [0, 0.05) is 29.3 Å². The van der Waals surface area contributed by atoms with Crippen LogP contribution in [-0.4, -0.2) is 26.3 Å². The Kier molecular flexibility index (Phi) is 7.91. The lowest BCUT2D eigenvalue weighted by atomic mass is 10.0. The Labute approximate surface area is 123 Å². The zero-order valence-corrected chi connectivity index (χ0v) is 13.4. The van der Waals surface area contributed by atoms with Crippen LogP contribution in [-0.2, 0) is 11.2 Å². The molecule has 1 N–H and O–H groups in total. The Balaban J connectivity index is 2.58. The largest absolute Gasteiger partial charge is 0.385 e. The highest BCUT2D eigenvalue weighted by Crippen LogP contribution is 2.23. The molecule has 2 nitrogen and oxygen atoms in total. The molecule has 0 heterocycles. The molecule has 0 bridgehead atoms. The van der Waals surface area contributed by atoms with Crippen LogP contribution in [0.3, 0.4) is 0 Å². The van der Waals surface area contributed by atoms with Crippen molar-refractivity contribution in [2.75, 3.05) is 20.3 Å². The smallest absolute Gasteiger partial charge is 0.0462 e. The highest BCUT2D eigenvalue weighted by molar-refractivity contribution is 9.10. The summed E-state index contributed by atoms with van der Waals surface area (Å²) in [7, 11) is 1.74. The minimum Gasteiger partial charge on any atom is -0.385 e. The average Bonchev–Trinajstić information content (AvgIpc) is 2.33. The van der Waals surface area contributed by atoms with Crippen molar-refractivity contribution in [2.45, 2.75) is 32.2 Å². The maximum Gasteiger partial charge on any atom is 0.0462 e. The normalized spacial score (nSPS) is 12.7. The van der Waals surface area contributed by atoms with Crippen molar-refractivity contribution in [2.24, 2.45) is 0 Å². The molecule has 0 aliphatic rings. The van der Waals surface area contributed by atoms with Crippen LogP contribution in [0.4, 0.5) is 0 Å². The zero-order chi connectivity index (χ0) is 13.4. The van der Waals surface area contributed by atoms with Crippen LogP contribution in [0, 0.1) is 0 Å². The van der Waals surface area contributed by atoms with Crippen LogP contribution >= 0.6 is 27.5 Å². The van der Waals surface area contributed by atoms with E-state index in [1.165, 1.54) is 5.56 Å². The van der Waals surface area contributed by atoms with E-state index in [4.69, 9.17) is 16.3 Å². The topological polar surface area (TPSA) is 21.3 Å². The summed E-state index contributed by atoms with van der Waals surface area (Å²) in [6.45, 7) is 3.92. The van der Waals surface area contributed by atoms with Crippen molar-refractivity contribution in [1.82, 2.24) is 5.32 Å². The Morgan fingerprint density at radius 2 is 2.22 bits per heavy atom. The first-order chi connectivity index (χ1) is 8.67. The van der Waals surface area contributed by atoms with Gasteiger partial charge in [-0.05, 0) is 43.5 Å². The second kappa shape index (κ2) is 8.92. The zero-order valence-electron chi connectivity index (χ0n) is 11.0. The fraction of sp³-hybridized carbons (Fsp3) is 0.571. The van der Waals surface area contributed by atoms with Crippen LogP contribution in [0.1, 0.15) is 25.3 Å². The Morgan fingerprint density at radius 1 is 1.44 bits per heavy atom. The van der Waals surface area contributed by atoms with Gasteiger partial charge in [0.2, 0.25) is 0 Å². The van der Waals surface area contributed by atoms with Gasteiger partial charge in [0.25, 0.3) is 0 Å². The first-order valence-electron chi connectivity index (χ1n) is 6.33. The SMILES string of the molecule is CCNC(CCCOC)Cc1ccc(Br)cc1Cl. The molecule has 0 aromatic heterocycles. The van der Waals surface area contributed by atoms with Gasteiger partial charge in [0.1, 0.15) is 0 Å². The maximum absolute atomic E-state index is 6.25. The Bertz CT molecular complexity index is 360. The van der Waals surface area contributed by atoms with Crippen molar-refractivity contribution in [3.8, 4) is 0 Å². The monoisotopic (exact) mass is 333 g/mol. The summed E-state index contributed by atoms with van der Waals surface area (Å²) in [5, 5.41) is 4.34. The summed E-state index contributed by atoms with van der Waals surface area (Å²) in [4.78, 5) is 0. The van der Waals surface area contributed by atoms with Gasteiger partial charge in [-0.25, -0.2) is 0 Å². The third-order valence-corrected chi connectivity index (χ3v) is 3.72. The molecular weight excluding hydrogens is 314 g/mol. The number of benzene rings is 1. The quantitative estimate of drug-likeness (QED) is 0.724. The van der Waals surface area contributed by atoms with Crippen molar-refractivity contribution in [1.29, 1.82) is 0 Å². The van der Waals surface area contributed by atoms with Gasteiger partial charge in [-0.2, -0.15) is 0 Å². The molecule has 1 aromatic rings. The third-order valence-electron chi connectivity index (χ3n) is 2.88. The first-order valence-corrected chi connectivity index (χ1v) is 7.50. The molecule has 1 atom stereocenters. The minimum atomic E-state index is 0.462. The molecule has 0 amide bonds. The highest BCUT2D eigenvalue weighted by Gasteiger charge is 2.10. The molecule has 0 saturated carbocycles. The Hall–Kier alpha value is -0.0900. The summed E-state index contributed by atoms with van der Waals surface area (Å²) in [6.07, 6.45) is 3.14. The summed E-state index contributed by atoms with van der Waals surface area (Å²) < 4.78 is 6.12. The van der Waals surface area contributed by atoms with E-state index in [1.807, 2.05) is 12.1 Å². The molecule has 0 aliphatic carbocycles. The van der Waals surface area contributed by atoms with Gasteiger partial charge in [-0.15, -0.1) is 0 Å². The van der Waals surface area contributed by atoms with Gasteiger partial charge in [-0.3, -0.25) is 0 Å². The fourth-order valence-corrected chi connectivity index (χ4v) is 2.74. The number of likely N-dealkylation sites (N-methyl/N-ethyl adjacent to an activating group) is 1. The lowest BCUT2D eigenvalue weighted by molar-refractivity contribution is 0.188. The molecule has 102 valence electrons. The number of ether oxygens (including phenoxy) is 1. The number of halogens is 2.